The quantitative estimate of drug-likeness (QED) is 0.457. The molecule has 0 aliphatic carbocycles. The Morgan fingerprint density at radius 2 is 1.72 bits per heavy atom. The molecule has 4 rings (SSSR count). The van der Waals surface area contributed by atoms with E-state index >= 15 is 0 Å². The number of fused-ring (bicyclic) bond motifs is 1. The Kier molecular flexibility index (Phi) is 6.07. The van der Waals surface area contributed by atoms with Gasteiger partial charge >= 0.3 is 0 Å². The van der Waals surface area contributed by atoms with Gasteiger partial charge in [-0.15, -0.1) is 0 Å². The highest BCUT2D eigenvalue weighted by atomic mass is 16.5. The fourth-order valence-corrected chi connectivity index (χ4v) is 3.55. The highest BCUT2D eigenvalue weighted by Crippen LogP contribution is 2.27. The monoisotopic (exact) mass is 430 g/mol. The molecule has 0 aliphatic heterocycles. The third-order valence-corrected chi connectivity index (χ3v) is 5.07. The maximum Gasteiger partial charge on any atom is 0.262 e. The van der Waals surface area contributed by atoms with Crippen LogP contribution >= 0.6 is 0 Å². The number of carbonyl (C=O) groups excluding carboxylic acids is 1. The van der Waals surface area contributed by atoms with E-state index in [0.29, 0.717) is 23.8 Å². The lowest BCUT2D eigenvalue weighted by molar-refractivity contribution is -0.118. The summed E-state index contributed by atoms with van der Waals surface area (Å²) in [5.74, 6) is 0.872. The Labute approximate surface area is 187 Å². The zero-order valence-electron chi connectivity index (χ0n) is 18.7. The van der Waals surface area contributed by atoms with E-state index in [1.54, 1.807) is 12.1 Å². The highest BCUT2D eigenvalue weighted by molar-refractivity contribution is 5.92. The van der Waals surface area contributed by atoms with E-state index in [1.165, 1.54) is 5.56 Å². The van der Waals surface area contributed by atoms with E-state index in [2.05, 4.69) is 15.4 Å². The Balaban J connectivity index is 1.51. The third kappa shape index (κ3) is 4.56. The summed E-state index contributed by atoms with van der Waals surface area (Å²) < 4.78 is 12.9. The van der Waals surface area contributed by atoms with Crippen molar-refractivity contribution in [3.8, 4) is 17.3 Å². The minimum atomic E-state index is -0.267. The summed E-state index contributed by atoms with van der Waals surface area (Å²) in [6, 6.07) is 17.1. The minimum Gasteiger partial charge on any atom is -0.494 e. The number of hydrogen-bond donors (Lipinski definition) is 1. The second-order valence-electron chi connectivity index (χ2n) is 7.60. The van der Waals surface area contributed by atoms with Gasteiger partial charge in [0.15, 0.2) is 12.3 Å². The number of ether oxygens (including phenoxy) is 2. The number of nitrogens with zero attached hydrogens (tertiary/aromatic N) is 3. The molecule has 7 nitrogen and oxygen atoms in total. The van der Waals surface area contributed by atoms with Crippen LogP contribution in [0.5, 0.6) is 11.6 Å². The molecule has 0 unspecified atom stereocenters. The Hall–Kier alpha value is -3.87. The van der Waals surface area contributed by atoms with Crippen LogP contribution in [0.2, 0.25) is 0 Å². The van der Waals surface area contributed by atoms with Crippen LogP contribution in [0.15, 0.2) is 54.6 Å². The average molecular weight is 431 g/mol. The summed E-state index contributed by atoms with van der Waals surface area (Å²) in [6.45, 7) is 8.37. The Bertz CT molecular complexity index is 1250. The molecule has 2 aromatic heterocycles. The van der Waals surface area contributed by atoms with Crippen LogP contribution in [-0.4, -0.2) is 33.9 Å². The largest absolute Gasteiger partial charge is 0.494 e. The molecule has 0 aliphatic rings. The molecule has 0 saturated heterocycles. The van der Waals surface area contributed by atoms with Crippen LogP contribution in [0.4, 0.5) is 5.69 Å². The molecule has 0 radical (unpaired) electrons. The molecule has 2 heterocycles. The molecule has 4 aromatic rings. The molecule has 1 amide bonds. The van der Waals surface area contributed by atoms with Crippen molar-refractivity contribution in [2.75, 3.05) is 18.5 Å². The maximum atomic E-state index is 12.4. The number of hydrogen-bond acceptors (Lipinski definition) is 5. The molecular weight excluding hydrogens is 404 g/mol. The fourth-order valence-electron chi connectivity index (χ4n) is 3.55. The zero-order valence-corrected chi connectivity index (χ0v) is 18.7. The van der Waals surface area contributed by atoms with Crippen molar-refractivity contribution in [1.82, 2.24) is 14.8 Å². The van der Waals surface area contributed by atoms with Crippen LogP contribution in [-0.2, 0) is 4.79 Å². The maximum absolute atomic E-state index is 12.4. The van der Waals surface area contributed by atoms with Gasteiger partial charge in [0.1, 0.15) is 5.75 Å². The Morgan fingerprint density at radius 1 is 1.00 bits per heavy atom. The first-order chi connectivity index (χ1) is 15.4. The lowest BCUT2D eigenvalue weighted by atomic mass is 10.1. The van der Waals surface area contributed by atoms with Gasteiger partial charge < -0.3 is 14.8 Å². The first-order valence-electron chi connectivity index (χ1n) is 10.5. The van der Waals surface area contributed by atoms with Crippen LogP contribution in [0, 0.1) is 20.8 Å². The minimum absolute atomic E-state index is 0.150. The molecular formula is C25H26N4O3. The fraction of sp³-hybridized carbons (Fsp3) is 0.240. The number of benzene rings is 2. The number of pyridine rings is 1. The van der Waals surface area contributed by atoms with Crippen LogP contribution < -0.4 is 14.8 Å². The molecule has 1 N–H and O–H groups in total. The number of nitrogens with one attached hydrogen (secondary N) is 1. The molecule has 164 valence electrons. The molecule has 0 saturated carbocycles. The summed E-state index contributed by atoms with van der Waals surface area (Å²) in [7, 11) is 0. The summed E-state index contributed by atoms with van der Waals surface area (Å²) in [4.78, 5) is 17.0. The number of carbonyl (C=O) groups is 1. The molecule has 0 spiro atoms. The van der Waals surface area contributed by atoms with Crippen molar-refractivity contribution in [3.05, 3.63) is 71.4 Å². The average Bonchev–Trinajstić information content (AvgIpc) is 3.11. The van der Waals surface area contributed by atoms with Gasteiger partial charge in [-0.3, -0.25) is 4.79 Å². The summed E-state index contributed by atoms with van der Waals surface area (Å²) in [6.07, 6.45) is 0. The van der Waals surface area contributed by atoms with Gasteiger partial charge in [-0.1, -0.05) is 17.7 Å². The number of amides is 1. The van der Waals surface area contributed by atoms with Gasteiger partial charge in [0.25, 0.3) is 5.91 Å². The van der Waals surface area contributed by atoms with Crippen molar-refractivity contribution in [2.45, 2.75) is 27.7 Å². The summed E-state index contributed by atoms with van der Waals surface area (Å²) in [5.41, 5.74) is 5.36. The van der Waals surface area contributed by atoms with Gasteiger partial charge in [-0.05, 0) is 69.7 Å². The van der Waals surface area contributed by atoms with Crippen molar-refractivity contribution < 1.29 is 14.3 Å². The topological polar surface area (TPSA) is 78.3 Å². The zero-order chi connectivity index (χ0) is 22.7. The smallest absolute Gasteiger partial charge is 0.262 e. The van der Waals surface area contributed by atoms with E-state index in [4.69, 9.17) is 9.47 Å². The van der Waals surface area contributed by atoms with Gasteiger partial charge in [0.05, 0.1) is 18.0 Å². The van der Waals surface area contributed by atoms with Crippen LogP contribution in [0.3, 0.4) is 0 Å². The lowest BCUT2D eigenvalue weighted by Crippen LogP contribution is -2.20. The van der Waals surface area contributed by atoms with Crippen molar-refractivity contribution in [2.24, 2.45) is 0 Å². The molecule has 0 bridgehead atoms. The number of aromatic nitrogens is 3. The first-order valence-corrected chi connectivity index (χ1v) is 10.5. The predicted octanol–water partition coefficient (Wildman–Crippen LogP) is 4.76. The number of anilines is 1. The second kappa shape index (κ2) is 9.09. The predicted molar refractivity (Wildman–Crippen MR) is 125 cm³/mol. The summed E-state index contributed by atoms with van der Waals surface area (Å²) in [5, 5.41) is 8.47. The summed E-state index contributed by atoms with van der Waals surface area (Å²) >= 11 is 0. The highest BCUT2D eigenvalue weighted by Gasteiger charge is 2.15. The molecule has 2 aromatic carbocycles. The molecule has 32 heavy (non-hydrogen) atoms. The SMILES string of the molecule is CCOc1ccc(NC(=O)COc2cc(C)c3c(C)nn(-c4ccc(C)cc4)c3n2)cc1. The van der Waals surface area contributed by atoms with Crippen molar-refractivity contribution in [3.63, 3.8) is 0 Å². The van der Waals surface area contributed by atoms with Crippen LogP contribution in [0.25, 0.3) is 16.7 Å². The lowest BCUT2D eigenvalue weighted by Gasteiger charge is -2.10. The van der Waals surface area contributed by atoms with Gasteiger partial charge in [-0.25, -0.2) is 4.68 Å². The Morgan fingerprint density at radius 3 is 2.41 bits per heavy atom. The van der Waals surface area contributed by atoms with E-state index in [0.717, 1.165) is 28.1 Å². The van der Waals surface area contributed by atoms with Gasteiger partial charge in [-0.2, -0.15) is 10.1 Å². The first kappa shape index (κ1) is 21.4. The van der Waals surface area contributed by atoms with Crippen LogP contribution in [0.1, 0.15) is 23.7 Å². The van der Waals surface area contributed by atoms with Gasteiger partial charge in [0.2, 0.25) is 5.88 Å². The van der Waals surface area contributed by atoms with E-state index < -0.39 is 0 Å². The third-order valence-electron chi connectivity index (χ3n) is 5.07. The van der Waals surface area contributed by atoms with E-state index in [1.807, 2.05) is 74.8 Å². The normalized spacial score (nSPS) is 10.9. The molecule has 0 fully saturated rings. The van der Waals surface area contributed by atoms with Gasteiger partial charge in [0, 0.05) is 17.1 Å². The number of rotatable bonds is 7. The standard InChI is InChI=1S/C25H26N4O3/c1-5-31-21-12-8-19(9-13-21)26-22(30)15-32-23-14-17(3)24-18(4)28-29(25(24)27-23)20-10-6-16(2)7-11-20/h6-14H,5,15H2,1-4H3,(H,26,30). The molecule has 7 heteroatoms. The van der Waals surface area contributed by atoms with Crippen molar-refractivity contribution >= 4 is 22.6 Å². The van der Waals surface area contributed by atoms with E-state index in [9.17, 15) is 4.79 Å². The van der Waals surface area contributed by atoms with Crippen molar-refractivity contribution in [1.29, 1.82) is 0 Å². The molecule has 0 atom stereocenters. The second-order valence-corrected chi connectivity index (χ2v) is 7.60. The van der Waals surface area contributed by atoms with E-state index in [-0.39, 0.29) is 12.5 Å². The number of aryl methyl sites for hydroxylation is 3.